The molecule has 4 heteroatoms. The molecule has 3 rings (SSSR count). The molecule has 0 spiro atoms. The van der Waals surface area contributed by atoms with Crippen LogP contribution in [0.1, 0.15) is 23.4 Å². The molecule has 0 aliphatic carbocycles. The first-order valence-electron chi connectivity index (χ1n) is 6.74. The Morgan fingerprint density at radius 1 is 1.14 bits per heavy atom. The zero-order valence-electron chi connectivity index (χ0n) is 11.7. The first-order valence-corrected chi connectivity index (χ1v) is 7.62. The van der Waals surface area contributed by atoms with Crippen molar-refractivity contribution in [3.63, 3.8) is 0 Å². The predicted molar refractivity (Wildman–Crippen MR) is 88.3 cm³/mol. The molecular formula is C17H16N2OS. The van der Waals surface area contributed by atoms with Gasteiger partial charge in [-0.1, -0.05) is 36.4 Å². The highest BCUT2D eigenvalue weighted by atomic mass is 32.1. The van der Waals surface area contributed by atoms with Crippen LogP contribution in [0.15, 0.2) is 53.9 Å². The Balaban J connectivity index is 2.23. The smallest absolute Gasteiger partial charge is 0.217 e. The summed E-state index contributed by atoms with van der Waals surface area (Å²) >= 11 is 1.61. The molecule has 3 aromatic rings. The Labute approximate surface area is 127 Å². The molecule has 1 unspecified atom stereocenters. The van der Waals surface area contributed by atoms with Gasteiger partial charge in [-0.2, -0.15) is 0 Å². The van der Waals surface area contributed by atoms with Crippen molar-refractivity contribution in [1.29, 1.82) is 0 Å². The fourth-order valence-corrected chi connectivity index (χ4v) is 3.36. The Kier molecular flexibility index (Phi) is 3.62. The molecule has 3 nitrogen and oxygen atoms in total. The number of thiophene rings is 1. The number of rotatable bonds is 3. The molecule has 1 heterocycles. The van der Waals surface area contributed by atoms with Crippen LogP contribution < -0.4 is 11.1 Å². The molecule has 1 atom stereocenters. The highest BCUT2D eigenvalue weighted by Gasteiger charge is 2.21. The van der Waals surface area contributed by atoms with Crippen LogP contribution in [-0.2, 0) is 4.79 Å². The van der Waals surface area contributed by atoms with E-state index in [9.17, 15) is 4.79 Å². The number of carbonyl (C=O) groups excluding carboxylic acids is 1. The molecule has 1 amide bonds. The number of nitrogens with one attached hydrogen (secondary N) is 1. The van der Waals surface area contributed by atoms with Gasteiger partial charge in [0.15, 0.2) is 0 Å². The van der Waals surface area contributed by atoms with Crippen LogP contribution in [0, 0.1) is 0 Å². The van der Waals surface area contributed by atoms with Crippen molar-refractivity contribution < 1.29 is 4.79 Å². The van der Waals surface area contributed by atoms with Gasteiger partial charge in [-0.3, -0.25) is 4.79 Å². The minimum absolute atomic E-state index is 0.0688. The van der Waals surface area contributed by atoms with Crippen molar-refractivity contribution in [2.75, 3.05) is 5.73 Å². The van der Waals surface area contributed by atoms with Gasteiger partial charge in [-0.15, -0.1) is 11.3 Å². The van der Waals surface area contributed by atoms with E-state index in [0.29, 0.717) is 5.69 Å². The van der Waals surface area contributed by atoms with Crippen molar-refractivity contribution in [3.05, 3.63) is 64.4 Å². The molecule has 0 aliphatic heterocycles. The largest absolute Gasteiger partial charge is 0.398 e. The average Bonchev–Trinajstić information content (AvgIpc) is 2.99. The van der Waals surface area contributed by atoms with E-state index in [2.05, 4.69) is 11.4 Å². The number of benzene rings is 2. The zero-order valence-corrected chi connectivity index (χ0v) is 12.5. The third-order valence-corrected chi connectivity index (χ3v) is 4.41. The van der Waals surface area contributed by atoms with Gasteiger partial charge in [0.2, 0.25) is 5.91 Å². The SMILES string of the molecule is CC(=O)NC(c1cccs1)c1c(N)ccc2ccccc12. The van der Waals surface area contributed by atoms with Crippen LogP contribution >= 0.6 is 11.3 Å². The summed E-state index contributed by atoms with van der Waals surface area (Å²) in [7, 11) is 0. The lowest BCUT2D eigenvalue weighted by molar-refractivity contribution is -0.119. The number of nitrogens with two attached hydrogens (primary N) is 1. The van der Waals surface area contributed by atoms with E-state index in [1.807, 2.05) is 47.8 Å². The Hall–Kier alpha value is -2.33. The minimum atomic E-state index is -0.214. The fraction of sp³-hybridized carbons (Fsp3) is 0.118. The summed E-state index contributed by atoms with van der Waals surface area (Å²) in [4.78, 5) is 12.7. The summed E-state index contributed by atoms with van der Waals surface area (Å²) in [5.74, 6) is -0.0688. The van der Waals surface area contributed by atoms with Crippen LogP contribution in [0.3, 0.4) is 0 Å². The lowest BCUT2D eigenvalue weighted by atomic mass is 9.96. The highest BCUT2D eigenvalue weighted by molar-refractivity contribution is 7.10. The predicted octanol–water partition coefficient (Wildman–Crippen LogP) is 3.71. The van der Waals surface area contributed by atoms with Crippen LogP contribution in [0.25, 0.3) is 10.8 Å². The number of anilines is 1. The Bertz CT molecular complexity index is 781. The summed E-state index contributed by atoms with van der Waals surface area (Å²) in [6.45, 7) is 1.53. The Morgan fingerprint density at radius 2 is 1.95 bits per heavy atom. The van der Waals surface area contributed by atoms with Crippen molar-refractivity contribution in [3.8, 4) is 0 Å². The van der Waals surface area contributed by atoms with Crippen LogP contribution in [0.5, 0.6) is 0 Å². The third kappa shape index (κ3) is 2.62. The van der Waals surface area contributed by atoms with E-state index in [-0.39, 0.29) is 11.9 Å². The first-order chi connectivity index (χ1) is 10.2. The van der Waals surface area contributed by atoms with Crippen LogP contribution in [0.4, 0.5) is 5.69 Å². The number of hydrogen-bond donors (Lipinski definition) is 2. The molecule has 0 aliphatic rings. The molecule has 0 saturated carbocycles. The molecule has 0 radical (unpaired) electrons. The van der Waals surface area contributed by atoms with Crippen molar-refractivity contribution in [1.82, 2.24) is 5.32 Å². The number of nitrogen functional groups attached to an aromatic ring is 1. The molecule has 0 bridgehead atoms. The molecule has 21 heavy (non-hydrogen) atoms. The van der Waals surface area contributed by atoms with Crippen molar-refractivity contribution in [2.45, 2.75) is 13.0 Å². The fourth-order valence-electron chi connectivity index (χ4n) is 2.58. The number of amides is 1. The molecular weight excluding hydrogens is 280 g/mol. The lowest BCUT2D eigenvalue weighted by Crippen LogP contribution is -2.27. The van der Waals surface area contributed by atoms with Gasteiger partial charge in [0.25, 0.3) is 0 Å². The molecule has 0 saturated heterocycles. The van der Waals surface area contributed by atoms with Crippen LogP contribution in [0.2, 0.25) is 0 Å². The van der Waals surface area contributed by atoms with Gasteiger partial charge in [-0.05, 0) is 28.3 Å². The van der Waals surface area contributed by atoms with E-state index >= 15 is 0 Å². The van der Waals surface area contributed by atoms with Gasteiger partial charge >= 0.3 is 0 Å². The van der Waals surface area contributed by atoms with E-state index < -0.39 is 0 Å². The van der Waals surface area contributed by atoms with Gasteiger partial charge in [0.1, 0.15) is 0 Å². The topological polar surface area (TPSA) is 55.1 Å². The number of carbonyl (C=O) groups is 1. The summed E-state index contributed by atoms with van der Waals surface area (Å²) in [5.41, 5.74) is 7.88. The third-order valence-electron chi connectivity index (χ3n) is 3.47. The van der Waals surface area contributed by atoms with Crippen molar-refractivity contribution >= 4 is 33.7 Å². The second kappa shape index (κ2) is 5.58. The summed E-state index contributed by atoms with van der Waals surface area (Å²) in [6.07, 6.45) is 0. The quantitative estimate of drug-likeness (QED) is 0.724. The Morgan fingerprint density at radius 3 is 2.67 bits per heavy atom. The molecule has 3 N–H and O–H groups in total. The average molecular weight is 296 g/mol. The summed E-state index contributed by atoms with van der Waals surface area (Å²) < 4.78 is 0. The summed E-state index contributed by atoms with van der Waals surface area (Å²) in [6, 6.07) is 15.8. The van der Waals surface area contributed by atoms with Gasteiger partial charge in [-0.25, -0.2) is 0 Å². The van der Waals surface area contributed by atoms with Crippen molar-refractivity contribution in [2.24, 2.45) is 0 Å². The van der Waals surface area contributed by atoms with E-state index in [0.717, 1.165) is 21.2 Å². The minimum Gasteiger partial charge on any atom is -0.398 e. The molecule has 1 aromatic heterocycles. The summed E-state index contributed by atoms with van der Waals surface area (Å²) in [5, 5.41) is 7.22. The van der Waals surface area contributed by atoms with Gasteiger partial charge in [0.05, 0.1) is 6.04 Å². The highest BCUT2D eigenvalue weighted by Crippen LogP contribution is 2.35. The number of hydrogen-bond acceptors (Lipinski definition) is 3. The lowest BCUT2D eigenvalue weighted by Gasteiger charge is -2.21. The van der Waals surface area contributed by atoms with Gasteiger partial charge in [0, 0.05) is 23.1 Å². The second-order valence-corrected chi connectivity index (χ2v) is 5.92. The van der Waals surface area contributed by atoms with E-state index in [4.69, 9.17) is 5.73 Å². The standard InChI is InChI=1S/C17H16N2OS/c1-11(20)19-17(15-7-4-10-21-15)16-13-6-3-2-5-12(13)8-9-14(16)18/h2-10,17H,18H2,1H3,(H,19,20). The molecule has 2 aromatic carbocycles. The molecule has 0 fully saturated rings. The monoisotopic (exact) mass is 296 g/mol. The maximum Gasteiger partial charge on any atom is 0.217 e. The maximum atomic E-state index is 11.6. The second-order valence-electron chi connectivity index (χ2n) is 4.94. The number of fused-ring (bicyclic) bond motifs is 1. The van der Waals surface area contributed by atoms with E-state index in [1.165, 1.54) is 6.92 Å². The molecule has 106 valence electrons. The first kappa shape index (κ1) is 13.6. The van der Waals surface area contributed by atoms with E-state index in [1.54, 1.807) is 11.3 Å². The zero-order chi connectivity index (χ0) is 14.8. The van der Waals surface area contributed by atoms with Gasteiger partial charge < -0.3 is 11.1 Å². The van der Waals surface area contributed by atoms with Crippen LogP contribution in [-0.4, -0.2) is 5.91 Å². The normalized spacial score (nSPS) is 12.2. The maximum absolute atomic E-state index is 11.6.